The molecule has 7 heteroatoms. The molecule has 1 saturated heterocycles. The molecule has 0 saturated carbocycles. The molecule has 1 fully saturated rings. The molecule has 0 aliphatic carbocycles. The molecule has 1 aliphatic heterocycles. The average molecular weight is 461 g/mol. The summed E-state index contributed by atoms with van der Waals surface area (Å²) in [6.45, 7) is 1.75. The number of aromatic nitrogens is 1. The fourth-order valence-electron chi connectivity index (χ4n) is 3.59. The van der Waals surface area contributed by atoms with Crippen LogP contribution in [-0.4, -0.2) is 30.4 Å². The van der Waals surface area contributed by atoms with Gasteiger partial charge >= 0.3 is 0 Å². The van der Waals surface area contributed by atoms with Crippen LogP contribution >= 0.6 is 23.1 Å². The predicted octanol–water partition coefficient (Wildman–Crippen LogP) is 6.02. The Kier molecular flexibility index (Phi) is 6.27. The zero-order valence-corrected chi connectivity index (χ0v) is 19.4. The first-order valence-electron chi connectivity index (χ1n) is 10.6. The summed E-state index contributed by atoms with van der Waals surface area (Å²) < 4.78 is 6.42. The van der Waals surface area contributed by atoms with Gasteiger partial charge in [-0.25, -0.2) is 9.98 Å². The topological polar surface area (TPSA) is 58.5 Å². The van der Waals surface area contributed by atoms with Gasteiger partial charge in [-0.15, -0.1) is 0 Å². The maximum absolute atomic E-state index is 5.29. The van der Waals surface area contributed by atoms with Gasteiger partial charge in [-0.05, 0) is 47.9 Å². The molecule has 2 N–H and O–H groups in total. The van der Waals surface area contributed by atoms with Crippen LogP contribution in [0.1, 0.15) is 16.4 Å². The quantitative estimate of drug-likeness (QED) is 0.353. The number of ether oxygens (including phenoxy) is 1. The smallest absolute Gasteiger partial charge is 0.183 e. The summed E-state index contributed by atoms with van der Waals surface area (Å²) in [5, 5.41) is 9.21. The summed E-state index contributed by atoms with van der Waals surface area (Å²) >= 11 is 3.44. The van der Waals surface area contributed by atoms with Crippen molar-refractivity contribution in [3.05, 3.63) is 83.9 Å². The van der Waals surface area contributed by atoms with E-state index < -0.39 is 0 Å². The Labute approximate surface area is 196 Å². The van der Waals surface area contributed by atoms with Gasteiger partial charge in [-0.3, -0.25) is 0 Å². The van der Waals surface area contributed by atoms with Crippen LogP contribution in [-0.2, 0) is 6.42 Å². The van der Waals surface area contributed by atoms with Gasteiger partial charge in [0, 0.05) is 13.1 Å². The molecule has 4 aromatic rings. The van der Waals surface area contributed by atoms with Gasteiger partial charge in [0.1, 0.15) is 5.75 Å². The second kappa shape index (κ2) is 9.63. The molecular weight excluding hydrogens is 436 g/mol. The summed E-state index contributed by atoms with van der Waals surface area (Å²) in [5.41, 5.74) is 4.59. The number of rotatable bonds is 7. The van der Waals surface area contributed by atoms with Crippen molar-refractivity contribution in [3.8, 4) is 5.75 Å². The Morgan fingerprint density at radius 1 is 1.09 bits per heavy atom. The van der Waals surface area contributed by atoms with E-state index in [9.17, 15) is 0 Å². The fourth-order valence-corrected chi connectivity index (χ4v) is 5.57. The van der Waals surface area contributed by atoms with E-state index in [2.05, 4.69) is 70.2 Å². The van der Waals surface area contributed by atoms with E-state index in [4.69, 9.17) is 9.73 Å². The molecule has 1 aliphatic rings. The summed E-state index contributed by atoms with van der Waals surface area (Å²) in [5.74, 6) is 0.859. The SMILES string of the molecule is COc1ccc2nc(NCCc3ccc(/N=C4/NCC(c5ccccc5)S4)cc3)sc2c1. The van der Waals surface area contributed by atoms with E-state index in [0.29, 0.717) is 5.25 Å². The zero-order valence-electron chi connectivity index (χ0n) is 17.7. The monoisotopic (exact) mass is 460 g/mol. The van der Waals surface area contributed by atoms with Gasteiger partial charge in [0.2, 0.25) is 0 Å². The molecule has 1 atom stereocenters. The lowest BCUT2D eigenvalue weighted by Crippen LogP contribution is -2.13. The minimum Gasteiger partial charge on any atom is -0.497 e. The number of fused-ring (bicyclic) bond motifs is 1. The number of benzene rings is 3. The van der Waals surface area contributed by atoms with Crippen molar-refractivity contribution in [1.29, 1.82) is 0 Å². The van der Waals surface area contributed by atoms with Gasteiger partial charge in [0.05, 0.1) is 28.3 Å². The number of thiazole rings is 1. The van der Waals surface area contributed by atoms with Crippen molar-refractivity contribution in [2.75, 3.05) is 25.5 Å². The number of amidine groups is 1. The van der Waals surface area contributed by atoms with Gasteiger partial charge in [0.25, 0.3) is 0 Å². The molecule has 162 valence electrons. The van der Waals surface area contributed by atoms with E-state index >= 15 is 0 Å². The normalized spacial score (nSPS) is 16.9. The third kappa shape index (κ3) is 4.89. The Morgan fingerprint density at radius 2 is 1.94 bits per heavy atom. The highest BCUT2D eigenvalue weighted by molar-refractivity contribution is 8.14. The van der Waals surface area contributed by atoms with Crippen LogP contribution in [0.15, 0.2) is 77.8 Å². The minimum absolute atomic E-state index is 0.420. The highest BCUT2D eigenvalue weighted by atomic mass is 32.2. The first-order valence-corrected chi connectivity index (χ1v) is 12.3. The maximum atomic E-state index is 5.29. The van der Waals surface area contributed by atoms with E-state index in [-0.39, 0.29) is 0 Å². The van der Waals surface area contributed by atoms with Crippen LogP contribution < -0.4 is 15.4 Å². The molecule has 1 aromatic heterocycles. The summed E-state index contributed by atoms with van der Waals surface area (Å²) in [6, 6.07) is 25.0. The molecule has 1 unspecified atom stereocenters. The highest BCUT2D eigenvalue weighted by Crippen LogP contribution is 2.34. The number of hydrogen-bond donors (Lipinski definition) is 2. The van der Waals surface area contributed by atoms with Crippen LogP contribution in [0.3, 0.4) is 0 Å². The molecule has 32 heavy (non-hydrogen) atoms. The Morgan fingerprint density at radius 3 is 2.75 bits per heavy atom. The van der Waals surface area contributed by atoms with E-state index in [1.807, 2.05) is 18.2 Å². The van der Waals surface area contributed by atoms with E-state index in [1.165, 1.54) is 11.1 Å². The van der Waals surface area contributed by atoms with Crippen molar-refractivity contribution >= 4 is 49.3 Å². The van der Waals surface area contributed by atoms with Crippen molar-refractivity contribution in [2.45, 2.75) is 11.7 Å². The molecule has 0 bridgehead atoms. The highest BCUT2D eigenvalue weighted by Gasteiger charge is 2.22. The molecule has 5 rings (SSSR count). The standard InChI is InChI=1S/C25H24N4OS2/c1-30-20-11-12-21-22(15-20)31-24(29-21)26-14-13-17-7-9-19(10-8-17)28-25-27-16-23(32-25)18-5-3-2-4-6-18/h2-12,15,23H,13-14,16H2,1H3,(H,26,29)(H,27,28). The molecule has 0 spiro atoms. The molecule has 5 nitrogen and oxygen atoms in total. The van der Waals surface area contributed by atoms with Crippen molar-refractivity contribution in [2.24, 2.45) is 4.99 Å². The molecule has 3 aromatic carbocycles. The van der Waals surface area contributed by atoms with Crippen molar-refractivity contribution < 1.29 is 4.74 Å². The Bertz CT molecular complexity index is 1220. The number of hydrogen-bond acceptors (Lipinski definition) is 6. The lowest BCUT2D eigenvalue weighted by Gasteiger charge is -2.05. The first-order chi connectivity index (χ1) is 15.8. The number of nitrogens with one attached hydrogen (secondary N) is 2. The zero-order chi connectivity index (χ0) is 21.8. The fraction of sp³-hybridized carbons (Fsp3) is 0.200. The van der Waals surface area contributed by atoms with Gasteiger partial charge in [0.15, 0.2) is 10.3 Å². The summed E-state index contributed by atoms with van der Waals surface area (Å²) in [4.78, 5) is 9.42. The number of anilines is 1. The number of methoxy groups -OCH3 is 1. The lowest BCUT2D eigenvalue weighted by molar-refractivity contribution is 0.415. The second-order valence-electron chi connectivity index (χ2n) is 7.51. The van der Waals surface area contributed by atoms with Crippen LogP contribution in [0, 0.1) is 0 Å². The second-order valence-corrected chi connectivity index (χ2v) is 9.73. The van der Waals surface area contributed by atoms with Crippen LogP contribution in [0.5, 0.6) is 5.75 Å². The number of nitrogens with zero attached hydrogens (tertiary/aromatic N) is 2. The first kappa shape index (κ1) is 20.8. The Hall–Kier alpha value is -3.03. The molecule has 2 heterocycles. The van der Waals surface area contributed by atoms with E-state index in [0.717, 1.165) is 51.5 Å². The Balaban J connectivity index is 1.15. The largest absolute Gasteiger partial charge is 0.497 e. The molecule has 0 radical (unpaired) electrons. The molecular formula is C25H24N4OS2. The minimum atomic E-state index is 0.420. The van der Waals surface area contributed by atoms with Crippen molar-refractivity contribution in [1.82, 2.24) is 10.3 Å². The number of thioether (sulfide) groups is 1. The van der Waals surface area contributed by atoms with Gasteiger partial charge in [-0.1, -0.05) is 65.6 Å². The third-order valence-electron chi connectivity index (χ3n) is 5.32. The summed E-state index contributed by atoms with van der Waals surface area (Å²) in [7, 11) is 1.68. The molecule has 0 amide bonds. The van der Waals surface area contributed by atoms with Gasteiger partial charge in [-0.2, -0.15) is 0 Å². The van der Waals surface area contributed by atoms with Gasteiger partial charge < -0.3 is 15.4 Å². The van der Waals surface area contributed by atoms with E-state index in [1.54, 1.807) is 30.2 Å². The van der Waals surface area contributed by atoms with Crippen LogP contribution in [0.4, 0.5) is 10.8 Å². The average Bonchev–Trinajstić information content (AvgIpc) is 3.47. The van der Waals surface area contributed by atoms with Crippen molar-refractivity contribution in [3.63, 3.8) is 0 Å². The third-order valence-corrected chi connectivity index (χ3v) is 7.47. The summed E-state index contributed by atoms with van der Waals surface area (Å²) in [6.07, 6.45) is 0.930. The maximum Gasteiger partial charge on any atom is 0.183 e. The van der Waals surface area contributed by atoms with Crippen LogP contribution in [0.25, 0.3) is 10.2 Å². The van der Waals surface area contributed by atoms with Crippen LogP contribution in [0.2, 0.25) is 0 Å². The predicted molar refractivity (Wildman–Crippen MR) is 137 cm³/mol. The number of aliphatic imine (C=N–C) groups is 1. The lowest BCUT2D eigenvalue weighted by atomic mass is 10.1.